The van der Waals surface area contributed by atoms with Crippen molar-refractivity contribution >= 4 is 11.9 Å². The molecule has 1 unspecified atom stereocenters. The summed E-state index contributed by atoms with van der Waals surface area (Å²) >= 11 is 0. The number of carboxylic acids is 1. The van der Waals surface area contributed by atoms with E-state index in [-0.39, 0.29) is 17.6 Å². The Morgan fingerprint density at radius 2 is 2.00 bits per heavy atom. The maximum Gasteiger partial charge on any atom is 0.335 e. The summed E-state index contributed by atoms with van der Waals surface area (Å²) < 4.78 is 11.3. The molecule has 0 spiro atoms. The van der Waals surface area contributed by atoms with E-state index < -0.39 is 12.1 Å². The van der Waals surface area contributed by atoms with Crippen LogP contribution >= 0.6 is 0 Å². The fourth-order valence-corrected chi connectivity index (χ4v) is 3.30. The second-order valence-corrected chi connectivity index (χ2v) is 6.67. The number of hydrogen-bond donors (Lipinski definition) is 2. The Bertz CT molecular complexity index is 610. The first-order valence-electron chi connectivity index (χ1n) is 9.38. The van der Waals surface area contributed by atoms with Gasteiger partial charge in [-0.3, -0.25) is 4.79 Å². The highest BCUT2D eigenvalue weighted by molar-refractivity contribution is 5.88. The van der Waals surface area contributed by atoms with Gasteiger partial charge in [-0.25, -0.2) is 4.79 Å². The van der Waals surface area contributed by atoms with Gasteiger partial charge in [-0.1, -0.05) is 32.3 Å². The molecular weight excluding hydrogens is 334 g/mol. The predicted molar refractivity (Wildman–Crippen MR) is 98.7 cm³/mol. The van der Waals surface area contributed by atoms with Gasteiger partial charge in [0.05, 0.1) is 18.8 Å². The van der Waals surface area contributed by atoms with Crippen LogP contribution < -0.4 is 10.1 Å². The first-order chi connectivity index (χ1) is 12.5. The number of amides is 1. The highest BCUT2D eigenvalue weighted by Gasteiger charge is 2.23. The van der Waals surface area contributed by atoms with Crippen molar-refractivity contribution in [3.05, 3.63) is 29.3 Å². The summed E-state index contributed by atoms with van der Waals surface area (Å²) in [6, 6.07) is 4.77. The first-order valence-corrected chi connectivity index (χ1v) is 9.38. The molecule has 26 heavy (non-hydrogen) atoms. The summed E-state index contributed by atoms with van der Waals surface area (Å²) in [5, 5.41) is 12.0. The molecule has 0 heterocycles. The van der Waals surface area contributed by atoms with Gasteiger partial charge < -0.3 is 19.9 Å². The van der Waals surface area contributed by atoms with E-state index >= 15 is 0 Å². The first kappa shape index (κ1) is 20.2. The molecule has 2 N–H and O–H groups in total. The molecule has 6 nitrogen and oxygen atoms in total. The van der Waals surface area contributed by atoms with Gasteiger partial charge in [-0.2, -0.15) is 0 Å². The molecule has 0 aliphatic heterocycles. The smallest absolute Gasteiger partial charge is 0.335 e. The third kappa shape index (κ3) is 5.73. The topological polar surface area (TPSA) is 84.9 Å². The van der Waals surface area contributed by atoms with Crippen LogP contribution in [0.2, 0.25) is 0 Å². The number of benzene rings is 1. The van der Waals surface area contributed by atoms with E-state index in [0.717, 1.165) is 18.4 Å². The van der Waals surface area contributed by atoms with Crippen LogP contribution in [0.4, 0.5) is 0 Å². The average Bonchev–Trinajstić information content (AvgIpc) is 2.66. The number of rotatable bonds is 9. The van der Waals surface area contributed by atoms with Gasteiger partial charge in [0, 0.05) is 6.54 Å². The summed E-state index contributed by atoms with van der Waals surface area (Å²) in [7, 11) is 1.51. The lowest BCUT2D eigenvalue weighted by Crippen LogP contribution is -2.39. The van der Waals surface area contributed by atoms with E-state index in [9.17, 15) is 9.59 Å². The van der Waals surface area contributed by atoms with Crippen molar-refractivity contribution in [1.29, 1.82) is 0 Å². The number of methoxy groups -OCH3 is 1. The summed E-state index contributed by atoms with van der Waals surface area (Å²) in [5.74, 6) is -0.558. The van der Waals surface area contributed by atoms with E-state index in [1.54, 1.807) is 12.1 Å². The van der Waals surface area contributed by atoms with Gasteiger partial charge in [0.25, 0.3) is 0 Å². The molecule has 144 valence electrons. The maximum atomic E-state index is 12.4. The second kappa shape index (κ2) is 10.2. The molecular formula is C20H29NO5. The van der Waals surface area contributed by atoms with Crippen molar-refractivity contribution in [2.24, 2.45) is 0 Å². The summed E-state index contributed by atoms with van der Waals surface area (Å²) in [5.41, 5.74) is 1.04. The fraction of sp³-hybridized carbons (Fsp3) is 0.600. The van der Waals surface area contributed by atoms with Crippen LogP contribution in [-0.4, -0.2) is 42.8 Å². The lowest BCUT2D eigenvalue weighted by atomic mass is 9.97. The number of carboxylic acid groups (broad SMARTS) is 1. The molecule has 1 aliphatic carbocycles. The molecule has 1 aromatic carbocycles. The third-order valence-corrected chi connectivity index (χ3v) is 4.80. The van der Waals surface area contributed by atoms with Gasteiger partial charge in [0.1, 0.15) is 11.9 Å². The molecule has 1 atom stereocenters. The van der Waals surface area contributed by atoms with E-state index in [1.807, 2.05) is 6.92 Å². The van der Waals surface area contributed by atoms with Gasteiger partial charge in [0.15, 0.2) is 0 Å². The van der Waals surface area contributed by atoms with Crippen LogP contribution in [-0.2, 0) is 16.0 Å². The molecule has 1 aromatic rings. The van der Waals surface area contributed by atoms with Crippen LogP contribution in [0.1, 0.15) is 61.4 Å². The minimum atomic E-state index is -0.992. The van der Waals surface area contributed by atoms with Crippen molar-refractivity contribution in [3.8, 4) is 5.75 Å². The number of ether oxygens (including phenoxy) is 2. The monoisotopic (exact) mass is 363 g/mol. The molecule has 2 rings (SSSR count). The Kier molecular flexibility index (Phi) is 7.91. The molecule has 1 aliphatic rings. The maximum absolute atomic E-state index is 12.4. The van der Waals surface area contributed by atoms with E-state index in [4.69, 9.17) is 14.6 Å². The average molecular weight is 363 g/mol. The predicted octanol–water partition coefficient (Wildman–Crippen LogP) is 3.18. The van der Waals surface area contributed by atoms with Crippen molar-refractivity contribution < 1.29 is 24.2 Å². The molecule has 1 amide bonds. The van der Waals surface area contributed by atoms with E-state index in [2.05, 4.69) is 5.32 Å². The van der Waals surface area contributed by atoms with Crippen molar-refractivity contribution in [2.75, 3.05) is 13.7 Å². The Morgan fingerprint density at radius 1 is 1.27 bits per heavy atom. The molecule has 0 aromatic heterocycles. The summed E-state index contributed by atoms with van der Waals surface area (Å²) in [6.07, 6.45) is 6.69. The summed E-state index contributed by atoms with van der Waals surface area (Å²) in [4.78, 5) is 23.4. The van der Waals surface area contributed by atoms with Crippen molar-refractivity contribution in [1.82, 2.24) is 5.32 Å². The molecule has 1 saturated carbocycles. The Labute approximate surface area is 154 Å². The number of carbonyl (C=O) groups is 2. The normalized spacial score (nSPS) is 16.1. The number of aromatic carboxylic acids is 1. The number of hydrogen-bond acceptors (Lipinski definition) is 4. The zero-order valence-corrected chi connectivity index (χ0v) is 15.6. The van der Waals surface area contributed by atoms with Gasteiger partial charge in [0.2, 0.25) is 5.91 Å². The standard InChI is InChI=1S/C20H29NO5/c1-3-17(26-16-7-5-4-6-8-16)19(22)21-12-11-14-9-10-15(20(23)24)13-18(14)25-2/h9-10,13,16-17H,3-8,11-12H2,1-2H3,(H,21,22)(H,23,24). The zero-order chi connectivity index (χ0) is 18.9. The molecule has 1 fully saturated rings. The largest absolute Gasteiger partial charge is 0.496 e. The number of carbonyl (C=O) groups excluding carboxylic acids is 1. The van der Waals surface area contributed by atoms with Crippen LogP contribution in [0.15, 0.2) is 18.2 Å². The van der Waals surface area contributed by atoms with Gasteiger partial charge >= 0.3 is 5.97 Å². The minimum Gasteiger partial charge on any atom is -0.496 e. The Balaban J connectivity index is 1.85. The van der Waals surface area contributed by atoms with E-state index in [0.29, 0.717) is 25.1 Å². The van der Waals surface area contributed by atoms with Crippen LogP contribution in [0, 0.1) is 0 Å². The van der Waals surface area contributed by atoms with Crippen molar-refractivity contribution in [3.63, 3.8) is 0 Å². The third-order valence-electron chi connectivity index (χ3n) is 4.80. The summed E-state index contributed by atoms with van der Waals surface area (Å²) in [6.45, 7) is 2.41. The SMILES string of the molecule is CCC(OC1CCCCC1)C(=O)NCCc1ccc(C(=O)O)cc1OC. The quantitative estimate of drug-likeness (QED) is 0.704. The number of nitrogens with one attached hydrogen (secondary N) is 1. The zero-order valence-electron chi connectivity index (χ0n) is 15.6. The van der Waals surface area contributed by atoms with Crippen LogP contribution in [0.3, 0.4) is 0 Å². The van der Waals surface area contributed by atoms with Gasteiger partial charge in [-0.15, -0.1) is 0 Å². The molecule has 0 bridgehead atoms. The van der Waals surface area contributed by atoms with Crippen LogP contribution in [0.5, 0.6) is 5.75 Å². The van der Waals surface area contributed by atoms with Crippen LogP contribution in [0.25, 0.3) is 0 Å². The lowest BCUT2D eigenvalue weighted by Gasteiger charge is -2.26. The molecule has 0 saturated heterocycles. The highest BCUT2D eigenvalue weighted by atomic mass is 16.5. The minimum absolute atomic E-state index is 0.0841. The fourth-order valence-electron chi connectivity index (χ4n) is 3.30. The Morgan fingerprint density at radius 3 is 2.62 bits per heavy atom. The highest BCUT2D eigenvalue weighted by Crippen LogP contribution is 2.23. The van der Waals surface area contributed by atoms with E-state index in [1.165, 1.54) is 32.4 Å². The Hall–Kier alpha value is -2.08. The molecule has 6 heteroatoms. The van der Waals surface area contributed by atoms with Gasteiger partial charge in [-0.05, 0) is 43.4 Å². The van der Waals surface area contributed by atoms with Crippen molar-refractivity contribution in [2.45, 2.75) is 64.1 Å². The molecule has 0 radical (unpaired) electrons. The lowest BCUT2D eigenvalue weighted by molar-refractivity contribution is -0.138. The second-order valence-electron chi connectivity index (χ2n) is 6.67.